The van der Waals surface area contributed by atoms with E-state index >= 15 is 4.39 Å². The number of primary amides is 1. The summed E-state index contributed by atoms with van der Waals surface area (Å²) in [5, 5.41) is 34.8. The van der Waals surface area contributed by atoms with Gasteiger partial charge in [-0.05, 0) is 69.5 Å². The Labute approximate surface area is 403 Å². The Morgan fingerprint density at radius 2 is 1.70 bits per heavy atom. The van der Waals surface area contributed by atoms with Crippen molar-refractivity contribution in [2.24, 2.45) is 28.7 Å². The van der Waals surface area contributed by atoms with Gasteiger partial charge in [0.25, 0.3) is 5.91 Å². The second-order valence-electron chi connectivity index (χ2n) is 19.8. The summed E-state index contributed by atoms with van der Waals surface area (Å²) in [4.78, 5) is 89.3. The maximum Gasteiger partial charge on any atom is 0.357 e. The van der Waals surface area contributed by atoms with Gasteiger partial charge in [-0.15, -0.1) is 0 Å². The summed E-state index contributed by atoms with van der Waals surface area (Å²) in [5.74, 6) is -11.3. The van der Waals surface area contributed by atoms with Crippen LogP contribution in [0.15, 0.2) is 82.2 Å². The first-order valence-corrected chi connectivity index (χ1v) is 23.2. The SMILES string of the molecule is CN(C)c1ccc(OC(=O)C(OC(=O)c2cn(C3C[C@@H]3F)c3c(Cl)c(N4C[C@@H](N)C5(CC5)C4)c(F)cc3c2=O)c2ccccc2)c2c1C[C@@H]1C[C@@H]3[C@@H](N(C)C)C(O)=C(C(N)=O)C(=O)[C@]3(O)C(O)=C1C2=O. The van der Waals surface area contributed by atoms with Gasteiger partial charge in [0.05, 0.1) is 39.3 Å². The normalized spacial score (nSPS) is 26.8. The molecule has 6 aliphatic rings. The lowest BCUT2D eigenvalue weighted by Gasteiger charge is -2.50. The van der Waals surface area contributed by atoms with E-state index in [9.17, 15) is 48.5 Å². The number of aliphatic hydroxyl groups excluding tert-OH is 2. The number of rotatable bonds is 10. The molecule has 7 N–H and O–H groups in total. The number of nitrogens with zero attached hydrogens (tertiary/aromatic N) is 4. The molecule has 2 saturated carbocycles. The Morgan fingerprint density at radius 1 is 1.01 bits per heavy atom. The molecule has 366 valence electrons. The van der Waals surface area contributed by atoms with Gasteiger partial charge >= 0.3 is 11.9 Å². The highest BCUT2D eigenvalue weighted by molar-refractivity contribution is 6.38. The molecule has 20 heteroatoms. The number of hydrogen-bond donors (Lipinski definition) is 5. The lowest BCUT2D eigenvalue weighted by Crippen LogP contribution is -2.63. The number of amides is 1. The highest BCUT2D eigenvalue weighted by Crippen LogP contribution is 2.55. The van der Waals surface area contributed by atoms with Crippen LogP contribution in [0.2, 0.25) is 5.02 Å². The van der Waals surface area contributed by atoms with Crippen LogP contribution in [0.4, 0.5) is 20.2 Å². The molecule has 1 aliphatic heterocycles. The first-order valence-electron chi connectivity index (χ1n) is 22.8. The first-order chi connectivity index (χ1) is 33.1. The Hall–Kier alpha value is -6.67. The fourth-order valence-electron chi connectivity index (χ4n) is 11.4. The van der Waals surface area contributed by atoms with Gasteiger partial charge in [0, 0.05) is 74.0 Å². The zero-order chi connectivity index (χ0) is 50.2. The number of aromatic nitrogens is 1. The fourth-order valence-corrected chi connectivity index (χ4v) is 11.8. The van der Waals surface area contributed by atoms with Gasteiger partial charge in [0.15, 0.2) is 11.4 Å². The van der Waals surface area contributed by atoms with E-state index in [1.165, 1.54) is 41.8 Å². The molecule has 3 aromatic carbocycles. The Morgan fingerprint density at radius 3 is 2.30 bits per heavy atom. The number of alkyl halides is 1. The molecule has 5 aliphatic carbocycles. The van der Waals surface area contributed by atoms with Crippen LogP contribution in [-0.2, 0) is 25.5 Å². The molecule has 1 spiro atoms. The summed E-state index contributed by atoms with van der Waals surface area (Å²) in [6, 6.07) is 9.17. The number of benzene rings is 3. The number of esters is 2. The molecule has 8 atom stereocenters. The predicted molar refractivity (Wildman–Crippen MR) is 250 cm³/mol. The molecule has 1 aromatic heterocycles. The molecule has 1 saturated heterocycles. The average Bonchev–Trinajstić information content (AvgIpc) is 4.22. The molecule has 0 radical (unpaired) electrons. The van der Waals surface area contributed by atoms with Crippen LogP contribution in [0.25, 0.3) is 10.9 Å². The van der Waals surface area contributed by atoms with Crippen molar-refractivity contribution < 1.29 is 57.5 Å². The third-order valence-corrected chi connectivity index (χ3v) is 15.5. The van der Waals surface area contributed by atoms with Gasteiger partial charge in [-0.25, -0.2) is 18.4 Å². The number of ether oxygens (including phenoxy) is 2. The topological polar surface area (TPSA) is 248 Å². The number of likely N-dealkylation sites (N-methyl/N-ethyl adjacent to an activating group) is 1. The van der Waals surface area contributed by atoms with E-state index in [2.05, 4.69) is 0 Å². The lowest BCUT2D eigenvalue weighted by atomic mass is 9.58. The number of ketones is 2. The van der Waals surface area contributed by atoms with Gasteiger partial charge in [0.1, 0.15) is 40.4 Å². The van der Waals surface area contributed by atoms with Crippen LogP contribution in [-0.4, -0.2) is 119 Å². The first kappa shape index (κ1) is 47.0. The van der Waals surface area contributed by atoms with Crippen LogP contribution in [0, 0.1) is 23.1 Å². The van der Waals surface area contributed by atoms with Crippen molar-refractivity contribution in [3.63, 3.8) is 0 Å². The monoisotopic (exact) mass is 982 g/mol. The summed E-state index contributed by atoms with van der Waals surface area (Å²) in [6.45, 7) is 0.756. The minimum absolute atomic E-state index is 0.00202. The second kappa shape index (κ2) is 16.5. The molecule has 4 aromatic rings. The van der Waals surface area contributed by atoms with E-state index in [1.807, 2.05) is 0 Å². The highest BCUT2D eigenvalue weighted by atomic mass is 35.5. The zero-order valence-electron chi connectivity index (χ0n) is 38.4. The van der Waals surface area contributed by atoms with Crippen molar-refractivity contribution in [3.05, 3.63) is 121 Å². The van der Waals surface area contributed by atoms with Gasteiger partial charge in [-0.1, -0.05) is 41.9 Å². The number of nitrogens with two attached hydrogens (primary N) is 2. The zero-order valence-corrected chi connectivity index (χ0v) is 39.1. The smallest absolute Gasteiger partial charge is 0.357 e. The predicted octanol–water partition coefficient (Wildman–Crippen LogP) is 4.30. The van der Waals surface area contributed by atoms with Crippen LogP contribution >= 0.6 is 11.6 Å². The summed E-state index contributed by atoms with van der Waals surface area (Å²) < 4.78 is 44.2. The van der Waals surface area contributed by atoms with Crippen molar-refractivity contribution in [1.82, 2.24) is 9.47 Å². The number of fused-ring (bicyclic) bond motifs is 4. The molecule has 0 bridgehead atoms. The standard InChI is InChI=1S/C50H49ClF2N6O11/c1-56(2)29-10-11-31(34-23(29)14-22-15-26-38(57(3)4)42(62)35(46(55)65)45(64)50(26,68)44(63)33(22)41(34)61)69-48(67)43(21-8-6-5-7-9-21)70-47(66)25-18-59(30-17-27(30)52)37-24(40(25)60)16-28(53)39(36(37)51)58-19-32(54)49(20-58)12-13-49/h5-11,16,18,22,26-27,30,32,38,43,62-63,68H,12-15,17,19-20,54H2,1-4H3,(H2,55,65)/t22-,26-,27+,30?,32-,38-,43?,50-/m1/s1. The van der Waals surface area contributed by atoms with E-state index in [-0.39, 0.29) is 74.8 Å². The van der Waals surface area contributed by atoms with E-state index in [0.29, 0.717) is 24.3 Å². The Bertz CT molecular complexity index is 3140. The number of anilines is 2. The van der Waals surface area contributed by atoms with Crippen LogP contribution in [0.3, 0.4) is 0 Å². The van der Waals surface area contributed by atoms with Crippen molar-refractivity contribution >= 4 is 63.3 Å². The molecular weight excluding hydrogens is 934 g/mol. The van der Waals surface area contributed by atoms with E-state index in [1.54, 1.807) is 48.2 Å². The molecule has 3 fully saturated rings. The van der Waals surface area contributed by atoms with E-state index in [4.69, 9.17) is 32.5 Å². The third-order valence-electron chi connectivity index (χ3n) is 15.2. The largest absolute Gasteiger partial charge is 0.510 e. The Kier molecular flexibility index (Phi) is 11.1. The van der Waals surface area contributed by atoms with Crippen LogP contribution in [0.5, 0.6) is 5.75 Å². The van der Waals surface area contributed by atoms with Crippen LogP contribution < -0.4 is 31.4 Å². The number of hydrogen-bond acceptors (Lipinski definition) is 15. The molecule has 2 heterocycles. The van der Waals surface area contributed by atoms with Gasteiger partial charge in [0.2, 0.25) is 17.3 Å². The number of pyridine rings is 1. The Balaban J connectivity index is 1.02. The average molecular weight is 983 g/mol. The lowest BCUT2D eigenvalue weighted by molar-refractivity contribution is -0.148. The van der Waals surface area contributed by atoms with E-state index < -0.39 is 105 Å². The molecule has 2 unspecified atom stereocenters. The molecular formula is C50H49ClF2N6O11. The van der Waals surface area contributed by atoms with Gasteiger partial charge in [-0.3, -0.25) is 24.1 Å². The number of aliphatic hydroxyl groups is 3. The summed E-state index contributed by atoms with van der Waals surface area (Å²) >= 11 is 6.93. The number of carbonyl (C=O) groups excluding carboxylic acids is 5. The van der Waals surface area contributed by atoms with Crippen molar-refractivity contribution in [3.8, 4) is 5.75 Å². The van der Waals surface area contributed by atoms with Crippen molar-refractivity contribution in [1.29, 1.82) is 0 Å². The number of halogens is 3. The fraction of sp³-hybridized carbons (Fsp3) is 0.400. The minimum Gasteiger partial charge on any atom is -0.510 e. The van der Waals surface area contributed by atoms with Crippen molar-refractivity contribution in [2.45, 2.75) is 68.1 Å². The maximum absolute atomic E-state index is 16.2. The summed E-state index contributed by atoms with van der Waals surface area (Å²) in [5.41, 5.74) is 6.62. The third kappa shape index (κ3) is 7.02. The quantitative estimate of drug-likeness (QED) is 0.0845. The number of allylic oxidation sites excluding steroid dienone is 1. The molecule has 70 heavy (non-hydrogen) atoms. The van der Waals surface area contributed by atoms with Crippen molar-refractivity contribution in [2.75, 3.05) is 51.1 Å². The number of carbonyl (C=O) groups is 5. The second-order valence-corrected chi connectivity index (χ2v) is 20.2. The molecule has 1 amide bonds. The minimum atomic E-state index is -2.88. The molecule has 10 rings (SSSR count). The molecule has 17 nitrogen and oxygen atoms in total. The van der Waals surface area contributed by atoms with Crippen LogP contribution in [0.1, 0.15) is 69.7 Å². The van der Waals surface area contributed by atoms with E-state index in [0.717, 1.165) is 25.1 Å². The maximum atomic E-state index is 16.2. The van der Waals surface area contributed by atoms with Gasteiger partial charge in [-0.2, -0.15) is 0 Å². The number of Topliss-reactive ketones (excluding diaryl/α,β-unsaturated/α-hetero) is 2. The summed E-state index contributed by atoms with van der Waals surface area (Å²) in [6.07, 6.45) is -0.576. The summed E-state index contributed by atoms with van der Waals surface area (Å²) in [7, 11) is 6.48. The van der Waals surface area contributed by atoms with Gasteiger partial charge < -0.3 is 50.6 Å². The highest BCUT2D eigenvalue weighted by Gasteiger charge is 2.63.